The molecule has 1 aliphatic rings. The van der Waals surface area contributed by atoms with Gasteiger partial charge < -0.3 is 4.90 Å². The van der Waals surface area contributed by atoms with Gasteiger partial charge in [0.25, 0.3) is 0 Å². The number of fused-ring (bicyclic) bond motifs is 1. The highest BCUT2D eigenvalue weighted by Crippen LogP contribution is 2.28. The second-order valence-corrected chi connectivity index (χ2v) is 7.33. The summed E-state index contributed by atoms with van der Waals surface area (Å²) in [5, 5.41) is 10.1. The number of hydrogen-bond donors (Lipinski definition) is 0. The molecule has 0 radical (unpaired) electrons. The molecule has 4 nitrogen and oxygen atoms in total. The number of aromatic nitrogens is 1. The fraction of sp³-hybridized carbons (Fsp3) is 0.350. The predicted molar refractivity (Wildman–Crippen MR) is 101 cm³/mol. The summed E-state index contributed by atoms with van der Waals surface area (Å²) in [5.74, 6) is 0.768. The molecule has 5 heteroatoms. The van der Waals surface area contributed by atoms with E-state index in [4.69, 9.17) is 0 Å². The molecule has 0 unspecified atom stereocenters. The molecule has 3 rings (SSSR count). The van der Waals surface area contributed by atoms with Gasteiger partial charge in [0.15, 0.2) is 0 Å². The zero-order valence-electron chi connectivity index (χ0n) is 14.6. The maximum Gasteiger partial charge on any atom is 0.227 e. The first kappa shape index (κ1) is 17.5. The Morgan fingerprint density at radius 2 is 2.16 bits per heavy atom. The highest BCUT2D eigenvalue weighted by atomic mass is 32.2. The lowest BCUT2D eigenvalue weighted by molar-refractivity contribution is -0.118. The largest absolute Gasteiger partial charge is 0.312 e. The van der Waals surface area contributed by atoms with Crippen LogP contribution in [0.25, 0.3) is 0 Å². The molecule has 0 spiro atoms. The number of pyridine rings is 1. The van der Waals surface area contributed by atoms with Crippen LogP contribution in [-0.2, 0) is 11.2 Å². The quantitative estimate of drug-likeness (QED) is 0.780. The van der Waals surface area contributed by atoms with Crippen molar-refractivity contribution >= 4 is 23.4 Å². The lowest BCUT2D eigenvalue weighted by Crippen LogP contribution is -2.35. The van der Waals surface area contributed by atoms with E-state index in [1.807, 2.05) is 43.0 Å². The smallest absolute Gasteiger partial charge is 0.227 e. The molecule has 2 aromatic rings. The zero-order valence-corrected chi connectivity index (χ0v) is 15.4. The molecule has 0 bridgehead atoms. The molecule has 0 aliphatic carbocycles. The summed E-state index contributed by atoms with van der Waals surface area (Å²) in [6.45, 7) is 4.63. The molecule has 0 atom stereocenters. The SMILES string of the molecule is Cc1cc(C)c(C#N)c(SCCC(=O)N2CCCc3ccccc32)n1. The standard InChI is InChI=1S/C20H21N3OS/c1-14-12-15(2)22-20(17(14)13-21)25-11-9-19(24)23-10-5-7-16-6-3-4-8-18(16)23/h3-4,6,8,12H,5,7,9-11H2,1-2H3. The van der Waals surface area contributed by atoms with Crippen molar-refractivity contribution in [2.45, 2.75) is 38.1 Å². The van der Waals surface area contributed by atoms with Gasteiger partial charge >= 0.3 is 0 Å². The van der Waals surface area contributed by atoms with Crippen LogP contribution < -0.4 is 4.90 Å². The Hall–Kier alpha value is -2.32. The Balaban J connectivity index is 1.66. The first-order valence-corrected chi connectivity index (χ1v) is 9.48. The van der Waals surface area contributed by atoms with Gasteiger partial charge in [-0.05, 0) is 49.9 Å². The van der Waals surface area contributed by atoms with Gasteiger partial charge in [0.2, 0.25) is 5.91 Å². The Labute approximate surface area is 152 Å². The third-order valence-electron chi connectivity index (χ3n) is 4.39. The van der Waals surface area contributed by atoms with Crippen molar-refractivity contribution in [2.24, 2.45) is 0 Å². The number of amides is 1. The minimum absolute atomic E-state index is 0.141. The molecule has 2 heterocycles. The minimum atomic E-state index is 0.141. The fourth-order valence-corrected chi connectivity index (χ4v) is 4.24. The van der Waals surface area contributed by atoms with Crippen molar-refractivity contribution in [1.82, 2.24) is 4.98 Å². The maximum absolute atomic E-state index is 12.7. The summed E-state index contributed by atoms with van der Waals surface area (Å²) in [6, 6.07) is 12.3. The van der Waals surface area contributed by atoms with Crippen LogP contribution >= 0.6 is 11.8 Å². The first-order valence-electron chi connectivity index (χ1n) is 8.49. The van der Waals surface area contributed by atoms with E-state index < -0.39 is 0 Å². The minimum Gasteiger partial charge on any atom is -0.312 e. The van der Waals surface area contributed by atoms with Gasteiger partial charge in [-0.3, -0.25) is 4.79 Å². The molecule has 0 saturated heterocycles. The average Bonchev–Trinajstić information content (AvgIpc) is 2.61. The van der Waals surface area contributed by atoms with Crippen LogP contribution in [0.1, 0.15) is 35.2 Å². The number of aryl methyl sites for hydroxylation is 3. The third-order valence-corrected chi connectivity index (χ3v) is 5.37. The van der Waals surface area contributed by atoms with Gasteiger partial charge in [-0.15, -0.1) is 11.8 Å². The number of para-hydroxylation sites is 1. The fourth-order valence-electron chi connectivity index (χ4n) is 3.21. The summed E-state index contributed by atoms with van der Waals surface area (Å²) in [5.41, 5.74) is 4.75. The van der Waals surface area contributed by atoms with Crippen LogP contribution in [0.3, 0.4) is 0 Å². The summed E-state index contributed by atoms with van der Waals surface area (Å²) in [6.07, 6.45) is 2.48. The van der Waals surface area contributed by atoms with Crippen molar-refractivity contribution in [3.8, 4) is 6.07 Å². The van der Waals surface area contributed by atoms with Gasteiger partial charge in [-0.2, -0.15) is 5.26 Å². The highest BCUT2D eigenvalue weighted by molar-refractivity contribution is 7.99. The van der Waals surface area contributed by atoms with Gasteiger partial charge in [-0.1, -0.05) is 18.2 Å². The van der Waals surface area contributed by atoms with Crippen LogP contribution in [-0.4, -0.2) is 23.2 Å². The lowest BCUT2D eigenvalue weighted by Gasteiger charge is -2.29. The zero-order chi connectivity index (χ0) is 17.8. The highest BCUT2D eigenvalue weighted by Gasteiger charge is 2.22. The number of thioether (sulfide) groups is 1. The van der Waals surface area contributed by atoms with E-state index >= 15 is 0 Å². The van der Waals surface area contributed by atoms with Gasteiger partial charge in [-0.25, -0.2) is 4.98 Å². The lowest BCUT2D eigenvalue weighted by atomic mass is 10.0. The maximum atomic E-state index is 12.7. The second-order valence-electron chi connectivity index (χ2n) is 6.25. The van der Waals surface area contributed by atoms with Gasteiger partial charge in [0.05, 0.1) is 5.56 Å². The van der Waals surface area contributed by atoms with E-state index in [1.54, 1.807) is 0 Å². The predicted octanol–water partition coefficient (Wildman–Crippen LogP) is 4.03. The number of anilines is 1. The average molecular weight is 351 g/mol. The van der Waals surface area contributed by atoms with E-state index in [0.717, 1.165) is 41.4 Å². The summed E-state index contributed by atoms with van der Waals surface area (Å²) < 4.78 is 0. The van der Waals surface area contributed by atoms with Gasteiger partial charge in [0, 0.05) is 30.1 Å². The van der Waals surface area contributed by atoms with E-state index in [0.29, 0.717) is 17.7 Å². The Kier molecular flexibility index (Phi) is 5.40. The van der Waals surface area contributed by atoms with Gasteiger partial charge in [0.1, 0.15) is 11.1 Å². The number of rotatable bonds is 4. The second kappa shape index (κ2) is 7.71. The van der Waals surface area contributed by atoms with Crippen LogP contribution in [0.5, 0.6) is 0 Å². The molecule has 1 aromatic carbocycles. The summed E-state index contributed by atoms with van der Waals surface area (Å²) >= 11 is 1.49. The monoisotopic (exact) mass is 351 g/mol. The van der Waals surface area contributed by atoms with Crippen molar-refractivity contribution in [1.29, 1.82) is 5.26 Å². The number of hydrogen-bond acceptors (Lipinski definition) is 4. The van der Waals surface area contributed by atoms with E-state index in [-0.39, 0.29) is 5.91 Å². The Morgan fingerprint density at radius 1 is 1.36 bits per heavy atom. The number of carbonyl (C=O) groups is 1. The van der Waals surface area contributed by atoms with E-state index in [9.17, 15) is 10.1 Å². The van der Waals surface area contributed by atoms with Crippen molar-refractivity contribution < 1.29 is 4.79 Å². The van der Waals surface area contributed by atoms with Crippen molar-refractivity contribution in [3.63, 3.8) is 0 Å². The molecule has 0 saturated carbocycles. The number of carbonyl (C=O) groups excluding carboxylic acids is 1. The molecule has 0 N–H and O–H groups in total. The molecule has 1 aromatic heterocycles. The summed E-state index contributed by atoms with van der Waals surface area (Å²) in [4.78, 5) is 19.0. The molecule has 25 heavy (non-hydrogen) atoms. The topological polar surface area (TPSA) is 57.0 Å². The van der Waals surface area contributed by atoms with Crippen molar-refractivity contribution in [3.05, 3.63) is 52.7 Å². The van der Waals surface area contributed by atoms with Crippen LogP contribution in [0.2, 0.25) is 0 Å². The first-order chi connectivity index (χ1) is 12.1. The molecular weight excluding hydrogens is 330 g/mol. The Morgan fingerprint density at radius 3 is 2.96 bits per heavy atom. The van der Waals surface area contributed by atoms with Crippen LogP contribution in [0.15, 0.2) is 35.4 Å². The number of nitrogens with zero attached hydrogens (tertiary/aromatic N) is 3. The number of benzene rings is 1. The van der Waals surface area contributed by atoms with Crippen LogP contribution in [0.4, 0.5) is 5.69 Å². The van der Waals surface area contributed by atoms with E-state index in [1.165, 1.54) is 17.3 Å². The Bertz CT molecular complexity index is 841. The molecule has 0 fully saturated rings. The molecule has 1 aliphatic heterocycles. The molecule has 128 valence electrons. The summed E-state index contributed by atoms with van der Waals surface area (Å²) in [7, 11) is 0. The molecular formula is C20H21N3OS. The van der Waals surface area contributed by atoms with Crippen molar-refractivity contribution in [2.75, 3.05) is 17.2 Å². The normalized spacial score (nSPS) is 13.2. The molecule has 1 amide bonds. The van der Waals surface area contributed by atoms with E-state index in [2.05, 4.69) is 17.1 Å². The number of nitriles is 1. The third kappa shape index (κ3) is 3.85. The van der Waals surface area contributed by atoms with Crippen LogP contribution in [0, 0.1) is 25.2 Å².